The molecule has 2 nitrogen and oxygen atoms in total. The predicted octanol–water partition coefficient (Wildman–Crippen LogP) is 4.76. The number of alkyl halides is 1. The molecule has 96 valence electrons. The van der Waals surface area contributed by atoms with E-state index < -0.39 is 0 Å². The Hall–Kier alpha value is 0.0500. The molecule has 0 aromatic carbocycles. The summed E-state index contributed by atoms with van der Waals surface area (Å²) >= 11 is 6.19. The number of rotatable bonds is 0. The van der Waals surface area contributed by atoms with Crippen LogP contribution in [0.1, 0.15) is 64.2 Å². The molecule has 4 heteroatoms. The van der Waals surface area contributed by atoms with Crippen molar-refractivity contribution >= 4 is 29.7 Å². The molecular formula is C12H23Cl2NO. The van der Waals surface area contributed by atoms with Crippen molar-refractivity contribution in [3.63, 3.8) is 0 Å². The summed E-state index contributed by atoms with van der Waals surface area (Å²) in [6.07, 6.45) is 12.0. The van der Waals surface area contributed by atoms with Crippen LogP contribution in [-0.4, -0.2) is 16.3 Å². The van der Waals surface area contributed by atoms with Crippen LogP contribution in [0.3, 0.4) is 0 Å². The summed E-state index contributed by atoms with van der Waals surface area (Å²) in [5.41, 5.74) is 0.789. The Morgan fingerprint density at radius 1 is 0.938 bits per heavy atom. The number of hydrogen-bond donors (Lipinski definition) is 1. The molecule has 0 saturated heterocycles. The smallest absolute Gasteiger partial charge is 0.0751 e. The van der Waals surface area contributed by atoms with Gasteiger partial charge in [0.1, 0.15) is 0 Å². The zero-order valence-electron chi connectivity index (χ0n) is 9.83. The standard InChI is InChI=1S/C12H22ClNO.ClH/c13-11-9-7-5-3-1-2-4-6-8-10-12(11)14-15;/h11,15H,1-10H2;1H. The molecule has 1 rings (SSSR count). The van der Waals surface area contributed by atoms with Gasteiger partial charge in [-0.25, -0.2) is 0 Å². The SMILES string of the molecule is Cl.ON=C1CCCCCCCCCCC1Cl. The van der Waals surface area contributed by atoms with Gasteiger partial charge in [-0.2, -0.15) is 0 Å². The second kappa shape index (κ2) is 10.2. The normalized spacial score (nSPS) is 27.6. The Balaban J connectivity index is 0.00000225. The lowest BCUT2D eigenvalue weighted by atomic mass is 10.00. The molecule has 0 aliphatic heterocycles. The van der Waals surface area contributed by atoms with Crippen LogP contribution in [0.5, 0.6) is 0 Å². The Bertz CT molecular complexity index is 197. The molecule has 0 spiro atoms. The van der Waals surface area contributed by atoms with Crippen molar-refractivity contribution in [3.8, 4) is 0 Å². The van der Waals surface area contributed by atoms with Crippen molar-refractivity contribution in [2.75, 3.05) is 0 Å². The van der Waals surface area contributed by atoms with Gasteiger partial charge >= 0.3 is 0 Å². The summed E-state index contributed by atoms with van der Waals surface area (Å²) in [6.45, 7) is 0. The third-order valence-corrected chi connectivity index (χ3v) is 3.60. The van der Waals surface area contributed by atoms with Crippen molar-refractivity contribution in [1.29, 1.82) is 0 Å². The maximum atomic E-state index is 8.87. The van der Waals surface area contributed by atoms with Crippen molar-refractivity contribution in [2.45, 2.75) is 69.6 Å². The van der Waals surface area contributed by atoms with Gasteiger partial charge in [-0.1, -0.05) is 50.1 Å². The largest absolute Gasteiger partial charge is 0.411 e. The summed E-state index contributed by atoms with van der Waals surface area (Å²) < 4.78 is 0. The van der Waals surface area contributed by atoms with Gasteiger partial charge in [0.2, 0.25) is 0 Å². The first kappa shape index (κ1) is 16.1. The van der Waals surface area contributed by atoms with E-state index in [0.717, 1.165) is 31.4 Å². The van der Waals surface area contributed by atoms with Crippen LogP contribution in [0.25, 0.3) is 0 Å². The molecule has 1 saturated carbocycles. The van der Waals surface area contributed by atoms with Gasteiger partial charge in [0.05, 0.1) is 11.1 Å². The second-order valence-electron chi connectivity index (χ2n) is 4.43. The first-order valence-corrected chi connectivity index (χ1v) is 6.63. The van der Waals surface area contributed by atoms with Crippen LogP contribution < -0.4 is 0 Å². The van der Waals surface area contributed by atoms with Crippen LogP contribution in [0.2, 0.25) is 0 Å². The quantitative estimate of drug-likeness (QED) is 0.383. The number of nitrogens with zero attached hydrogens (tertiary/aromatic N) is 1. The van der Waals surface area contributed by atoms with Gasteiger partial charge in [-0.3, -0.25) is 0 Å². The van der Waals surface area contributed by atoms with E-state index in [2.05, 4.69) is 5.16 Å². The van der Waals surface area contributed by atoms with Crippen molar-refractivity contribution in [3.05, 3.63) is 0 Å². The summed E-state index contributed by atoms with van der Waals surface area (Å²) in [6, 6.07) is 0. The van der Waals surface area contributed by atoms with E-state index in [1.54, 1.807) is 0 Å². The topological polar surface area (TPSA) is 32.6 Å². The molecular weight excluding hydrogens is 245 g/mol. The highest BCUT2D eigenvalue weighted by molar-refractivity contribution is 6.32. The molecule has 1 aliphatic carbocycles. The third-order valence-electron chi connectivity index (χ3n) is 3.13. The van der Waals surface area contributed by atoms with Crippen LogP contribution in [-0.2, 0) is 0 Å². The molecule has 0 radical (unpaired) electrons. The molecule has 0 amide bonds. The second-order valence-corrected chi connectivity index (χ2v) is 4.95. The fraction of sp³-hybridized carbons (Fsp3) is 0.917. The van der Waals surface area contributed by atoms with Crippen LogP contribution in [0.4, 0.5) is 0 Å². The molecule has 0 heterocycles. The van der Waals surface area contributed by atoms with E-state index in [1.807, 2.05) is 0 Å². The first-order chi connectivity index (χ1) is 7.34. The van der Waals surface area contributed by atoms with Crippen LogP contribution >= 0.6 is 24.0 Å². The van der Waals surface area contributed by atoms with Crippen LogP contribution in [0, 0.1) is 0 Å². The minimum Gasteiger partial charge on any atom is -0.411 e. The third kappa shape index (κ3) is 6.59. The van der Waals surface area contributed by atoms with E-state index in [-0.39, 0.29) is 17.8 Å². The molecule has 1 fully saturated rings. The Morgan fingerprint density at radius 2 is 1.44 bits per heavy atom. The fourth-order valence-electron chi connectivity index (χ4n) is 2.13. The molecule has 0 aromatic rings. The van der Waals surface area contributed by atoms with Crippen molar-refractivity contribution in [1.82, 2.24) is 0 Å². The summed E-state index contributed by atoms with van der Waals surface area (Å²) in [4.78, 5) is 0. The van der Waals surface area contributed by atoms with E-state index >= 15 is 0 Å². The van der Waals surface area contributed by atoms with Crippen molar-refractivity contribution in [2.24, 2.45) is 5.16 Å². The lowest BCUT2D eigenvalue weighted by Crippen LogP contribution is -2.15. The maximum Gasteiger partial charge on any atom is 0.0751 e. The molecule has 1 aliphatic rings. The van der Waals surface area contributed by atoms with Gasteiger partial charge in [0.25, 0.3) is 0 Å². The zero-order chi connectivity index (χ0) is 10.9. The lowest BCUT2D eigenvalue weighted by Gasteiger charge is -2.12. The van der Waals surface area contributed by atoms with Gasteiger partial charge in [-0.15, -0.1) is 24.0 Å². The maximum absolute atomic E-state index is 8.87. The lowest BCUT2D eigenvalue weighted by molar-refractivity contribution is 0.315. The first-order valence-electron chi connectivity index (χ1n) is 6.19. The van der Waals surface area contributed by atoms with E-state index in [4.69, 9.17) is 16.8 Å². The van der Waals surface area contributed by atoms with Crippen LogP contribution in [0.15, 0.2) is 5.16 Å². The molecule has 16 heavy (non-hydrogen) atoms. The predicted molar refractivity (Wildman–Crippen MR) is 72.3 cm³/mol. The summed E-state index contributed by atoms with van der Waals surface area (Å²) in [5, 5.41) is 12.2. The van der Waals surface area contributed by atoms with E-state index in [9.17, 15) is 0 Å². The van der Waals surface area contributed by atoms with E-state index in [0.29, 0.717) is 0 Å². The zero-order valence-corrected chi connectivity index (χ0v) is 11.4. The molecule has 0 bridgehead atoms. The number of hydrogen-bond acceptors (Lipinski definition) is 2. The molecule has 1 N–H and O–H groups in total. The van der Waals surface area contributed by atoms with Gasteiger partial charge in [0, 0.05) is 0 Å². The Kier molecular flexibility index (Phi) is 10.3. The summed E-state index contributed by atoms with van der Waals surface area (Å²) in [5.74, 6) is 0. The fourth-order valence-corrected chi connectivity index (χ4v) is 2.43. The minimum absolute atomic E-state index is 0. The van der Waals surface area contributed by atoms with Crippen molar-refractivity contribution < 1.29 is 5.21 Å². The van der Waals surface area contributed by atoms with Gasteiger partial charge in [0.15, 0.2) is 0 Å². The molecule has 1 atom stereocenters. The minimum atomic E-state index is -0.0468. The average molecular weight is 268 g/mol. The highest BCUT2D eigenvalue weighted by Gasteiger charge is 2.13. The average Bonchev–Trinajstić information content (AvgIpc) is 2.23. The summed E-state index contributed by atoms with van der Waals surface area (Å²) in [7, 11) is 0. The highest BCUT2D eigenvalue weighted by Crippen LogP contribution is 2.18. The van der Waals surface area contributed by atoms with E-state index in [1.165, 1.54) is 38.5 Å². The number of halogens is 2. The van der Waals surface area contributed by atoms with Gasteiger partial charge in [-0.05, 0) is 19.3 Å². The Labute approximate surface area is 110 Å². The number of oxime groups is 1. The highest BCUT2D eigenvalue weighted by atomic mass is 35.5. The van der Waals surface area contributed by atoms with Gasteiger partial charge < -0.3 is 5.21 Å². The monoisotopic (exact) mass is 267 g/mol. The molecule has 1 unspecified atom stereocenters. The molecule has 0 aromatic heterocycles. The Morgan fingerprint density at radius 3 is 2.00 bits per heavy atom.